The molecule has 0 bridgehead atoms. The SMILES string of the molecule is CCCC(c1cccs1)n1c(=O)[nH]c(Cl)c(F)c1=O. The molecule has 7 heteroatoms. The fourth-order valence-electron chi connectivity index (χ4n) is 1.94. The number of hydrogen-bond donors (Lipinski definition) is 1. The van der Waals surface area contributed by atoms with Crippen molar-refractivity contribution in [3.8, 4) is 0 Å². The molecule has 0 aliphatic rings. The van der Waals surface area contributed by atoms with Gasteiger partial charge in [-0.05, 0) is 17.9 Å². The van der Waals surface area contributed by atoms with Gasteiger partial charge in [0.2, 0.25) is 5.82 Å². The first-order valence-corrected chi connectivity index (χ1v) is 7.05. The summed E-state index contributed by atoms with van der Waals surface area (Å²) in [5, 5.41) is 1.30. The van der Waals surface area contributed by atoms with E-state index in [2.05, 4.69) is 4.98 Å². The van der Waals surface area contributed by atoms with Crippen LogP contribution in [0, 0.1) is 5.82 Å². The number of H-pyrrole nitrogens is 1. The van der Waals surface area contributed by atoms with E-state index < -0.39 is 28.3 Å². The zero-order valence-electron chi connectivity index (χ0n) is 10.2. The van der Waals surface area contributed by atoms with E-state index in [-0.39, 0.29) is 0 Å². The summed E-state index contributed by atoms with van der Waals surface area (Å²) < 4.78 is 14.5. The molecule has 0 spiro atoms. The summed E-state index contributed by atoms with van der Waals surface area (Å²) in [6, 6.07) is 3.19. The Morgan fingerprint density at radius 1 is 1.53 bits per heavy atom. The minimum absolute atomic E-state index is 0.465. The second kappa shape index (κ2) is 5.71. The van der Waals surface area contributed by atoms with Crippen molar-refractivity contribution in [3.63, 3.8) is 0 Å². The molecule has 19 heavy (non-hydrogen) atoms. The van der Waals surface area contributed by atoms with Gasteiger partial charge in [0.25, 0.3) is 5.56 Å². The highest BCUT2D eigenvalue weighted by Gasteiger charge is 2.21. The summed E-state index contributed by atoms with van der Waals surface area (Å²) in [5.41, 5.74) is -1.68. The summed E-state index contributed by atoms with van der Waals surface area (Å²) >= 11 is 6.88. The maximum Gasteiger partial charge on any atom is 0.330 e. The third kappa shape index (κ3) is 2.64. The number of aromatic nitrogens is 2. The zero-order valence-corrected chi connectivity index (χ0v) is 11.7. The lowest BCUT2D eigenvalue weighted by molar-refractivity contribution is 0.471. The Morgan fingerprint density at radius 3 is 2.84 bits per heavy atom. The molecule has 2 heterocycles. The van der Waals surface area contributed by atoms with Crippen LogP contribution < -0.4 is 11.2 Å². The molecule has 0 aromatic carbocycles. The average molecular weight is 303 g/mol. The highest BCUT2D eigenvalue weighted by Crippen LogP contribution is 2.25. The third-order valence-electron chi connectivity index (χ3n) is 2.78. The van der Waals surface area contributed by atoms with Crippen molar-refractivity contribution in [2.75, 3.05) is 0 Å². The van der Waals surface area contributed by atoms with Crippen molar-refractivity contribution in [1.29, 1.82) is 0 Å². The molecule has 2 aromatic rings. The topological polar surface area (TPSA) is 54.9 Å². The standard InChI is InChI=1S/C12H12ClFN2O2S/c1-2-4-7(8-5-3-6-19-8)16-11(17)9(14)10(13)15-12(16)18/h3,5-7H,2,4H2,1H3,(H,15,18). The Labute approximate surface area is 117 Å². The number of nitrogens with one attached hydrogen (secondary N) is 1. The highest BCUT2D eigenvalue weighted by atomic mass is 35.5. The number of hydrogen-bond acceptors (Lipinski definition) is 3. The van der Waals surface area contributed by atoms with E-state index in [1.807, 2.05) is 24.4 Å². The minimum atomic E-state index is -1.13. The lowest BCUT2D eigenvalue weighted by Gasteiger charge is -2.16. The van der Waals surface area contributed by atoms with Gasteiger partial charge < -0.3 is 0 Å². The summed E-state index contributed by atoms with van der Waals surface area (Å²) in [6.45, 7) is 1.94. The van der Waals surface area contributed by atoms with E-state index in [0.29, 0.717) is 6.42 Å². The van der Waals surface area contributed by atoms with Crippen LogP contribution in [0.15, 0.2) is 27.1 Å². The molecule has 0 radical (unpaired) electrons. The van der Waals surface area contributed by atoms with Gasteiger partial charge in [0.05, 0.1) is 6.04 Å². The van der Waals surface area contributed by atoms with Gasteiger partial charge in [0, 0.05) is 4.88 Å². The van der Waals surface area contributed by atoms with Crippen LogP contribution in [0.1, 0.15) is 30.7 Å². The van der Waals surface area contributed by atoms with E-state index >= 15 is 0 Å². The molecule has 2 aromatic heterocycles. The normalized spacial score (nSPS) is 12.6. The van der Waals surface area contributed by atoms with E-state index in [9.17, 15) is 14.0 Å². The molecule has 1 atom stereocenters. The second-order valence-electron chi connectivity index (χ2n) is 4.05. The van der Waals surface area contributed by atoms with E-state index in [1.54, 1.807) is 0 Å². The molecular weight excluding hydrogens is 291 g/mol. The number of aromatic amines is 1. The highest BCUT2D eigenvalue weighted by molar-refractivity contribution is 7.10. The van der Waals surface area contributed by atoms with Gasteiger partial charge in [-0.3, -0.25) is 9.78 Å². The van der Waals surface area contributed by atoms with Gasteiger partial charge in [-0.25, -0.2) is 9.36 Å². The number of thiophene rings is 1. The molecule has 0 aliphatic heterocycles. The van der Waals surface area contributed by atoms with Crippen LogP contribution in [0.3, 0.4) is 0 Å². The molecule has 2 rings (SSSR count). The predicted molar refractivity (Wildman–Crippen MR) is 73.7 cm³/mol. The van der Waals surface area contributed by atoms with Gasteiger partial charge in [0.15, 0.2) is 5.15 Å². The van der Waals surface area contributed by atoms with Crippen LogP contribution >= 0.6 is 22.9 Å². The molecule has 0 saturated carbocycles. The summed E-state index contributed by atoms with van der Waals surface area (Å²) in [7, 11) is 0. The van der Waals surface area contributed by atoms with E-state index in [0.717, 1.165) is 15.9 Å². The lowest BCUT2D eigenvalue weighted by atomic mass is 10.1. The molecule has 0 amide bonds. The molecule has 0 fully saturated rings. The first-order chi connectivity index (χ1) is 9.06. The zero-order chi connectivity index (χ0) is 14.0. The van der Waals surface area contributed by atoms with Gasteiger partial charge in [-0.15, -0.1) is 11.3 Å². The number of nitrogens with zero attached hydrogens (tertiary/aromatic N) is 1. The third-order valence-corrected chi connectivity index (χ3v) is 4.01. The molecule has 1 unspecified atom stereocenters. The van der Waals surface area contributed by atoms with E-state index in [1.165, 1.54) is 11.3 Å². The van der Waals surface area contributed by atoms with Crippen LogP contribution in [-0.2, 0) is 0 Å². The Morgan fingerprint density at radius 2 is 2.26 bits per heavy atom. The molecular formula is C12H12ClFN2O2S. The first-order valence-electron chi connectivity index (χ1n) is 5.79. The first kappa shape index (κ1) is 14.0. The van der Waals surface area contributed by atoms with Crippen molar-refractivity contribution in [2.24, 2.45) is 0 Å². The Bertz CT molecular complexity index is 678. The smallest absolute Gasteiger partial charge is 0.295 e. The van der Waals surface area contributed by atoms with Gasteiger partial charge in [-0.2, -0.15) is 4.39 Å². The molecule has 102 valence electrons. The quantitative estimate of drug-likeness (QED) is 0.883. The maximum atomic E-state index is 13.6. The summed E-state index contributed by atoms with van der Waals surface area (Å²) in [4.78, 5) is 26.8. The maximum absolute atomic E-state index is 13.6. The lowest BCUT2D eigenvalue weighted by Crippen LogP contribution is -2.40. The molecule has 4 nitrogen and oxygen atoms in total. The van der Waals surface area contributed by atoms with Gasteiger partial charge in [0.1, 0.15) is 0 Å². The van der Waals surface area contributed by atoms with Crippen LogP contribution in [0.2, 0.25) is 5.15 Å². The molecule has 1 N–H and O–H groups in total. The van der Waals surface area contributed by atoms with E-state index in [4.69, 9.17) is 11.6 Å². The number of halogens is 2. The largest absolute Gasteiger partial charge is 0.330 e. The van der Waals surface area contributed by atoms with Crippen molar-refractivity contribution in [1.82, 2.24) is 9.55 Å². The minimum Gasteiger partial charge on any atom is -0.295 e. The second-order valence-corrected chi connectivity index (χ2v) is 5.41. The van der Waals surface area contributed by atoms with Crippen LogP contribution in [0.5, 0.6) is 0 Å². The van der Waals surface area contributed by atoms with Crippen molar-refractivity contribution < 1.29 is 4.39 Å². The fourth-order valence-corrected chi connectivity index (χ4v) is 2.95. The summed E-state index contributed by atoms with van der Waals surface area (Å²) in [5.74, 6) is -1.13. The number of rotatable bonds is 4. The van der Waals surface area contributed by atoms with Crippen LogP contribution in [0.4, 0.5) is 4.39 Å². The Balaban J connectivity index is 2.64. The molecule has 0 saturated heterocycles. The van der Waals surface area contributed by atoms with Crippen LogP contribution in [0.25, 0.3) is 0 Å². The Kier molecular flexibility index (Phi) is 4.21. The fraction of sp³-hybridized carbons (Fsp3) is 0.333. The Hall–Kier alpha value is -1.40. The summed E-state index contributed by atoms with van der Waals surface area (Å²) in [6.07, 6.45) is 1.34. The van der Waals surface area contributed by atoms with Gasteiger partial charge >= 0.3 is 5.69 Å². The molecule has 0 aliphatic carbocycles. The van der Waals surface area contributed by atoms with Crippen LogP contribution in [-0.4, -0.2) is 9.55 Å². The monoisotopic (exact) mass is 302 g/mol. The van der Waals surface area contributed by atoms with Crippen molar-refractivity contribution in [3.05, 3.63) is 54.2 Å². The average Bonchev–Trinajstić information content (AvgIpc) is 2.89. The van der Waals surface area contributed by atoms with Gasteiger partial charge in [-0.1, -0.05) is 31.0 Å². The van der Waals surface area contributed by atoms with Crippen molar-refractivity contribution in [2.45, 2.75) is 25.8 Å². The van der Waals surface area contributed by atoms with Crippen molar-refractivity contribution >= 4 is 22.9 Å². The predicted octanol–water partition coefficient (Wildman–Crippen LogP) is 2.78.